The molecular weight excluding hydrogens is 288 g/mol. The molecule has 3 heterocycles. The van der Waals surface area contributed by atoms with Crippen LogP contribution in [0, 0.1) is 14.2 Å². The minimum absolute atomic E-state index is 0.333. The van der Waals surface area contributed by atoms with E-state index in [1.807, 2.05) is 6.07 Å². The molecule has 3 rings (SSSR count). The molecule has 0 spiro atoms. The summed E-state index contributed by atoms with van der Waals surface area (Å²) in [7, 11) is 0. The second kappa shape index (κ2) is 4.23. The van der Waals surface area contributed by atoms with Gasteiger partial charge < -0.3 is 19.4 Å². The Bertz CT molecular complexity index is 883. The Labute approximate surface area is 116 Å². The zero-order chi connectivity index (χ0) is 12.7. The second-order valence-electron chi connectivity index (χ2n) is 3.53. The highest BCUT2D eigenvalue weighted by molar-refractivity contribution is 7.72. The van der Waals surface area contributed by atoms with Crippen molar-refractivity contribution in [2.45, 2.75) is 0 Å². The number of furan rings is 1. The number of hydrogen-bond acceptors (Lipinski definition) is 5. The van der Waals surface area contributed by atoms with Crippen LogP contribution in [0.25, 0.3) is 22.5 Å². The average Bonchev–Trinajstić information content (AvgIpc) is 2.79. The monoisotopic (exact) mass is 294 g/mol. The zero-order valence-electron chi connectivity index (χ0n) is 8.81. The van der Waals surface area contributed by atoms with E-state index in [2.05, 4.69) is 19.9 Å². The van der Waals surface area contributed by atoms with Gasteiger partial charge in [0, 0.05) is 0 Å². The molecule has 0 amide bonds. The van der Waals surface area contributed by atoms with Gasteiger partial charge in [0.25, 0.3) is 0 Å². The SMILES string of the molecule is S=c1nc2[nH]c(=S)[nH]c(=S)c2c(-c2ccco2)[nH]1. The lowest BCUT2D eigenvalue weighted by atomic mass is 10.2. The van der Waals surface area contributed by atoms with E-state index in [1.165, 1.54) is 0 Å². The average molecular weight is 294 g/mol. The van der Waals surface area contributed by atoms with Crippen LogP contribution in [0.4, 0.5) is 0 Å². The van der Waals surface area contributed by atoms with E-state index in [0.29, 0.717) is 36.7 Å². The number of fused-ring (bicyclic) bond motifs is 1. The standard InChI is InChI=1S/C10H6N4OS3/c16-8-5-6(4-2-1-3-15-4)11-9(17)12-7(5)13-10(18)14-8/h1-3H,(H3,11,12,13,14,16,17,18). The van der Waals surface area contributed by atoms with Gasteiger partial charge in [0.2, 0.25) is 0 Å². The van der Waals surface area contributed by atoms with Crippen LogP contribution in [-0.4, -0.2) is 19.9 Å². The number of rotatable bonds is 1. The summed E-state index contributed by atoms with van der Waals surface area (Å²) in [4.78, 5) is 13.0. The van der Waals surface area contributed by atoms with Gasteiger partial charge in [0.05, 0.1) is 17.3 Å². The Balaban J connectivity index is 2.56. The van der Waals surface area contributed by atoms with Gasteiger partial charge in [-0.2, -0.15) is 0 Å². The molecule has 0 aromatic carbocycles. The largest absolute Gasteiger partial charge is 0.463 e. The van der Waals surface area contributed by atoms with E-state index >= 15 is 0 Å². The fourth-order valence-corrected chi connectivity index (χ4v) is 2.45. The van der Waals surface area contributed by atoms with Gasteiger partial charge in [-0.25, -0.2) is 4.98 Å². The van der Waals surface area contributed by atoms with Crippen molar-refractivity contribution in [1.82, 2.24) is 19.9 Å². The van der Waals surface area contributed by atoms with Crippen LogP contribution in [0.15, 0.2) is 22.8 Å². The number of hydrogen-bond donors (Lipinski definition) is 3. The molecule has 0 saturated heterocycles. The summed E-state index contributed by atoms with van der Waals surface area (Å²) in [5, 5.41) is 0.696. The molecule has 8 heteroatoms. The Morgan fingerprint density at radius 1 is 1.11 bits per heavy atom. The lowest BCUT2D eigenvalue weighted by Gasteiger charge is -2.03. The van der Waals surface area contributed by atoms with Crippen LogP contribution in [0.2, 0.25) is 0 Å². The van der Waals surface area contributed by atoms with Crippen LogP contribution in [-0.2, 0) is 0 Å². The lowest BCUT2D eigenvalue weighted by molar-refractivity contribution is 0.580. The molecule has 3 aromatic rings. The number of nitrogens with one attached hydrogen (secondary N) is 3. The van der Waals surface area contributed by atoms with Gasteiger partial charge >= 0.3 is 0 Å². The number of H-pyrrole nitrogens is 3. The second-order valence-corrected chi connectivity index (χ2v) is 4.73. The molecule has 0 saturated carbocycles. The maximum absolute atomic E-state index is 5.36. The van der Waals surface area contributed by atoms with Crippen molar-refractivity contribution >= 4 is 47.7 Å². The summed E-state index contributed by atoms with van der Waals surface area (Å²) in [5.41, 5.74) is 1.22. The van der Waals surface area contributed by atoms with Crippen LogP contribution in [0.5, 0.6) is 0 Å². The highest BCUT2D eigenvalue weighted by Gasteiger charge is 2.10. The predicted molar refractivity (Wildman–Crippen MR) is 75.0 cm³/mol. The lowest BCUT2D eigenvalue weighted by Crippen LogP contribution is -1.95. The molecule has 0 aliphatic heterocycles. The first-order chi connectivity index (χ1) is 8.65. The quantitative estimate of drug-likeness (QED) is 0.597. The first-order valence-corrected chi connectivity index (χ1v) is 6.18. The Morgan fingerprint density at radius 3 is 2.67 bits per heavy atom. The van der Waals surface area contributed by atoms with E-state index in [-0.39, 0.29) is 0 Å². The van der Waals surface area contributed by atoms with Crippen LogP contribution < -0.4 is 0 Å². The molecule has 0 aliphatic carbocycles. The molecular formula is C10H6N4OS3. The highest BCUT2D eigenvalue weighted by Crippen LogP contribution is 2.25. The van der Waals surface area contributed by atoms with Crippen LogP contribution >= 0.6 is 36.7 Å². The van der Waals surface area contributed by atoms with Crippen molar-refractivity contribution in [3.8, 4) is 11.5 Å². The topological polar surface area (TPSA) is 73.4 Å². The minimum atomic E-state index is 0.333. The third kappa shape index (κ3) is 1.84. The van der Waals surface area contributed by atoms with Gasteiger partial charge in [-0.05, 0) is 36.6 Å². The third-order valence-electron chi connectivity index (χ3n) is 2.39. The Hall–Kier alpha value is -1.64. The smallest absolute Gasteiger partial charge is 0.199 e. The van der Waals surface area contributed by atoms with E-state index in [0.717, 1.165) is 0 Å². The van der Waals surface area contributed by atoms with E-state index in [4.69, 9.17) is 41.1 Å². The van der Waals surface area contributed by atoms with Crippen molar-refractivity contribution in [3.05, 3.63) is 32.6 Å². The molecule has 0 atom stereocenters. The zero-order valence-corrected chi connectivity index (χ0v) is 11.3. The molecule has 90 valence electrons. The fraction of sp³-hybridized carbons (Fsp3) is 0. The molecule has 0 bridgehead atoms. The fourth-order valence-electron chi connectivity index (χ4n) is 1.69. The minimum Gasteiger partial charge on any atom is -0.463 e. The maximum Gasteiger partial charge on any atom is 0.199 e. The van der Waals surface area contributed by atoms with Crippen molar-refractivity contribution in [2.75, 3.05) is 0 Å². The number of aromatic nitrogens is 4. The van der Waals surface area contributed by atoms with Gasteiger partial charge in [0.1, 0.15) is 10.3 Å². The third-order valence-corrected chi connectivity index (χ3v) is 3.09. The van der Waals surface area contributed by atoms with Gasteiger partial charge in [-0.1, -0.05) is 12.2 Å². The van der Waals surface area contributed by atoms with Crippen molar-refractivity contribution in [1.29, 1.82) is 0 Å². The van der Waals surface area contributed by atoms with E-state index in [1.54, 1.807) is 12.3 Å². The van der Waals surface area contributed by atoms with Gasteiger partial charge in [0.15, 0.2) is 15.3 Å². The summed E-state index contributed by atoms with van der Waals surface area (Å²) in [6, 6.07) is 3.60. The highest BCUT2D eigenvalue weighted by atomic mass is 32.1. The number of aromatic amines is 3. The predicted octanol–water partition coefficient (Wildman–Crippen LogP) is 3.67. The summed E-state index contributed by atoms with van der Waals surface area (Å²) >= 11 is 15.4. The molecule has 3 N–H and O–H groups in total. The normalized spacial score (nSPS) is 10.9. The summed E-state index contributed by atoms with van der Waals surface area (Å²) in [6.45, 7) is 0. The van der Waals surface area contributed by atoms with Gasteiger partial charge in [-0.15, -0.1) is 0 Å². The van der Waals surface area contributed by atoms with Crippen molar-refractivity contribution in [2.24, 2.45) is 0 Å². The molecule has 3 aromatic heterocycles. The first kappa shape index (κ1) is 11.5. The van der Waals surface area contributed by atoms with E-state index < -0.39 is 0 Å². The molecule has 5 nitrogen and oxygen atoms in total. The van der Waals surface area contributed by atoms with Gasteiger partial charge in [-0.3, -0.25) is 0 Å². The van der Waals surface area contributed by atoms with Crippen LogP contribution in [0.3, 0.4) is 0 Å². The summed E-state index contributed by atoms with van der Waals surface area (Å²) in [5.74, 6) is 0.638. The van der Waals surface area contributed by atoms with Crippen molar-refractivity contribution in [3.63, 3.8) is 0 Å². The molecule has 0 fully saturated rings. The Morgan fingerprint density at radius 2 is 1.94 bits per heavy atom. The summed E-state index contributed by atoms with van der Waals surface area (Å²) in [6.07, 6.45) is 1.58. The van der Waals surface area contributed by atoms with E-state index in [9.17, 15) is 0 Å². The summed E-state index contributed by atoms with van der Waals surface area (Å²) < 4.78 is 6.59. The number of nitrogens with zero attached hydrogens (tertiary/aromatic N) is 1. The maximum atomic E-state index is 5.36. The Kier molecular flexibility index (Phi) is 2.69. The molecule has 0 aliphatic rings. The molecule has 18 heavy (non-hydrogen) atoms. The molecule has 0 radical (unpaired) electrons. The molecule has 0 unspecified atom stereocenters. The van der Waals surface area contributed by atoms with Crippen molar-refractivity contribution < 1.29 is 4.42 Å². The van der Waals surface area contributed by atoms with Crippen LogP contribution in [0.1, 0.15) is 0 Å². The first-order valence-electron chi connectivity index (χ1n) is 4.95.